The van der Waals surface area contributed by atoms with E-state index in [0.717, 1.165) is 28.9 Å². The van der Waals surface area contributed by atoms with Crippen molar-refractivity contribution in [1.29, 1.82) is 0 Å². The minimum absolute atomic E-state index is 0.0456. The minimum atomic E-state index is -0.388. The molecule has 0 bridgehead atoms. The number of ether oxygens (including phenoxy) is 1. The number of benzene rings is 1. The predicted octanol–water partition coefficient (Wildman–Crippen LogP) is 2.16. The van der Waals surface area contributed by atoms with E-state index >= 15 is 0 Å². The van der Waals surface area contributed by atoms with E-state index < -0.39 is 0 Å². The lowest BCUT2D eigenvalue weighted by atomic mass is 10.1. The molecule has 1 N–H and O–H groups in total. The summed E-state index contributed by atoms with van der Waals surface area (Å²) in [5, 5.41) is 18.1. The molecule has 1 fully saturated rings. The molecule has 0 aliphatic heterocycles. The molecule has 0 amide bonds. The molecule has 1 aromatic carbocycles. The number of nitrogens with zero attached hydrogens (tertiary/aromatic N) is 4. The van der Waals surface area contributed by atoms with Crippen molar-refractivity contribution >= 4 is 5.97 Å². The van der Waals surface area contributed by atoms with Crippen LogP contribution < -0.4 is 0 Å². The minimum Gasteiger partial charge on any atom is -0.465 e. The van der Waals surface area contributed by atoms with Crippen LogP contribution in [0.15, 0.2) is 42.9 Å². The topological polar surface area (TPSA) is 82.2 Å². The van der Waals surface area contributed by atoms with E-state index in [2.05, 4.69) is 10.2 Å². The van der Waals surface area contributed by atoms with Gasteiger partial charge in [0.2, 0.25) is 0 Å². The number of carbonyl (C=O) groups excluding carboxylic acids is 1. The first-order valence-electron chi connectivity index (χ1n) is 8.47. The second-order valence-corrected chi connectivity index (χ2v) is 6.57. The molecule has 2 heterocycles. The number of hydrogen-bond acceptors (Lipinski definition) is 5. The van der Waals surface area contributed by atoms with Gasteiger partial charge in [0.05, 0.1) is 37.5 Å². The van der Waals surface area contributed by atoms with Crippen molar-refractivity contribution in [3.63, 3.8) is 0 Å². The monoisotopic (exact) mass is 352 g/mol. The zero-order chi connectivity index (χ0) is 18.3. The van der Waals surface area contributed by atoms with Crippen molar-refractivity contribution in [2.75, 3.05) is 7.11 Å². The van der Waals surface area contributed by atoms with E-state index in [1.54, 1.807) is 15.6 Å². The van der Waals surface area contributed by atoms with Crippen LogP contribution in [0.5, 0.6) is 0 Å². The van der Waals surface area contributed by atoms with Gasteiger partial charge in [0.15, 0.2) is 0 Å². The van der Waals surface area contributed by atoms with Crippen LogP contribution in [-0.4, -0.2) is 37.7 Å². The summed E-state index contributed by atoms with van der Waals surface area (Å²) in [4.78, 5) is 12.2. The fraction of sp³-hybridized carbons (Fsp3) is 0.316. The van der Waals surface area contributed by atoms with Gasteiger partial charge in [-0.3, -0.25) is 4.68 Å². The lowest BCUT2D eigenvalue weighted by molar-refractivity contribution is 0.0599. The number of rotatable bonds is 5. The normalized spacial score (nSPS) is 18.7. The third-order valence-corrected chi connectivity index (χ3v) is 4.84. The average molecular weight is 352 g/mol. The molecule has 7 nitrogen and oxygen atoms in total. The number of aromatic nitrogens is 4. The van der Waals surface area contributed by atoms with Crippen LogP contribution in [0.3, 0.4) is 0 Å². The molecular weight excluding hydrogens is 332 g/mol. The van der Waals surface area contributed by atoms with Crippen LogP contribution in [-0.2, 0) is 18.4 Å². The van der Waals surface area contributed by atoms with Gasteiger partial charge in [0.25, 0.3) is 0 Å². The maximum atomic E-state index is 12.2. The van der Waals surface area contributed by atoms with E-state index in [1.807, 2.05) is 43.7 Å². The summed E-state index contributed by atoms with van der Waals surface area (Å²) in [6.07, 6.45) is 6.37. The first kappa shape index (κ1) is 16.5. The van der Waals surface area contributed by atoms with Crippen LogP contribution in [0.25, 0.3) is 5.69 Å². The van der Waals surface area contributed by atoms with Gasteiger partial charge in [-0.15, -0.1) is 0 Å². The summed E-state index contributed by atoms with van der Waals surface area (Å²) in [5.74, 6) is 0.0959. The lowest BCUT2D eigenvalue weighted by Crippen LogP contribution is -2.08. The van der Waals surface area contributed by atoms with E-state index in [0.29, 0.717) is 11.5 Å². The number of aliphatic hydroxyl groups is 1. The highest BCUT2D eigenvalue weighted by Crippen LogP contribution is 2.55. The highest BCUT2D eigenvalue weighted by atomic mass is 16.5. The van der Waals surface area contributed by atoms with Crippen molar-refractivity contribution in [2.45, 2.75) is 24.9 Å². The van der Waals surface area contributed by atoms with Crippen molar-refractivity contribution in [3.05, 3.63) is 65.2 Å². The maximum Gasteiger partial charge on any atom is 0.341 e. The SMILES string of the molecule is COC(=O)c1cnn(-c2cccc(CO)c2)c1C1CC1c1cnn(C)c1. The molecule has 1 aliphatic carbocycles. The summed E-state index contributed by atoms with van der Waals surface area (Å²) >= 11 is 0. The third-order valence-electron chi connectivity index (χ3n) is 4.84. The Morgan fingerprint density at radius 1 is 1.31 bits per heavy atom. The van der Waals surface area contributed by atoms with Gasteiger partial charge >= 0.3 is 5.97 Å². The molecule has 7 heteroatoms. The smallest absolute Gasteiger partial charge is 0.341 e. The molecular formula is C19H20N4O3. The van der Waals surface area contributed by atoms with Gasteiger partial charge in [0, 0.05) is 19.2 Å². The van der Waals surface area contributed by atoms with Crippen LogP contribution in [0.1, 0.15) is 45.4 Å². The molecule has 134 valence electrons. The molecule has 3 aromatic rings. The molecule has 1 aliphatic rings. The first-order chi connectivity index (χ1) is 12.6. The van der Waals surface area contributed by atoms with Crippen molar-refractivity contribution in [1.82, 2.24) is 19.6 Å². The molecule has 2 aromatic heterocycles. The Hall–Kier alpha value is -2.93. The second kappa shape index (κ2) is 6.42. The molecule has 26 heavy (non-hydrogen) atoms. The predicted molar refractivity (Wildman–Crippen MR) is 94.1 cm³/mol. The largest absolute Gasteiger partial charge is 0.465 e. The molecule has 1 saturated carbocycles. The molecule has 2 unspecified atom stereocenters. The Morgan fingerprint density at radius 3 is 2.85 bits per heavy atom. The van der Waals surface area contributed by atoms with Gasteiger partial charge in [-0.1, -0.05) is 12.1 Å². The number of carbonyl (C=O) groups is 1. The Balaban J connectivity index is 1.76. The highest BCUT2D eigenvalue weighted by molar-refractivity contribution is 5.91. The fourth-order valence-electron chi connectivity index (χ4n) is 3.47. The highest BCUT2D eigenvalue weighted by Gasteiger charge is 2.45. The first-order valence-corrected chi connectivity index (χ1v) is 8.47. The van der Waals surface area contributed by atoms with Gasteiger partial charge in [0.1, 0.15) is 5.56 Å². The maximum absolute atomic E-state index is 12.2. The van der Waals surface area contributed by atoms with Crippen molar-refractivity contribution < 1.29 is 14.6 Å². The fourth-order valence-corrected chi connectivity index (χ4v) is 3.47. The summed E-state index contributed by atoms with van der Waals surface area (Å²) in [7, 11) is 3.27. The van der Waals surface area contributed by atoms with E-state index in [1.165, 1.54) is 7.11 Å². The van der Waals surface area contributed by atoms with E-state index in [9.17, 15) is 9.90 Å². The Bertz CT molecular complexity index is 959. The van der Waals surface area contributed by atoms with Gasteiger partial charge < -0.3 is 9.84 Å². The summed E-state index contributed by atoms with van der Waals surface area (Å²) in [6, 6.07) is 7.51. The summed E-state index contributed by atoms with van der Waals surface area (Å²) < 4.78 is 8.52. The number of aliphatic hydroxyl groups excluding tert-OH is 1. The Morgan fingerprint density at radius 2 is 2.15 bits per heavy atom. The molecule has 2 atom stereocenters. The van der Waals surface area contributed by atoms with E-state index in [4.69, 9.17) is 4.74 Å². The van der Waals surface area contributed by atoms with Crippen molar-refractivity contribution in [2.24, 2.45) is 7.05 Å². The number of methoxy groups -OCH3 is 1. The molecule has 0 spiro atoms. The lowest BCUT2D eigenvalue weighted by Gasteiger charge is -2.10. The zero-order valence-corrected chi connectivity index (χ0v) is 14.7. The van der Waals surface area contributed by atoms with Crippen LogP contribution >= 0.6 is 0 Å². The standard InChI is InChI=1S/C19H20N4O3/c1-22-10-13(8-20-22)15-7-16(15)18-17(19(25)26-2)9-21-23(18)14-5-3-4-12(6-14)11-24/h3-6,8-10,15-16,24H,7,11H2,1-2H3. The number of esters is 1. The molecule has 0 saturated heterocycles. The van der Waals surface area contributed by atoms with Gasteiger partial charge in [-0.25, -0.2) is 9.48 Å². The third kappa shape index (κ3) is 2.80. The van der Waals surface area contributed by atoms with Gasteiger partial charge in [-0.05, 0) is 35.6 Å². The van der Waals surface area contributed by atoms with E-state index in [-0.39, 0.29) is 18.5 Å². The van der Waals surface area contributed by atoms with Crippen LogP contribution in [0, 0.1) is 0 Å². The van der Waals surface area contributed by atoms with Gasteiger partial charge in [-0.2, -0.15) is 10.2 Å². The summed E-state index contributed by atoms with van der Waals surface area (Å²) in [6.45, 7) is -0.0456. The average Bonchev–Trinajstić information content (AvgIpc) is 3.12. The second-order valence-electron chi connectivity index (χ2n) is 6.57. The zero-order valence-electron chi connectivity index (χ0n) is 14.7. The Kier molecular flexibility index (Phi) is 4.08. The molecule has 4 rings (SSSR count). The quantitative estimate of drug-likeness (QED) is 0.712. The van der Waals surface area contributed by atoms with Crippen LogP contribution in [0.2, 0.25) is 0 Å². The molecule has 0 radical (unpaired) electrons. The van der Waals surface area contributed by atoms with Crippen LogP contribution in [0.4, 0.5) is 0 Å². The Labute approximate surface area is 150 Å². The number of hydrogen-bond donors (Lipinski definition) is 1. The summed E-state index contributed by atoms with van der Waals surface area (Å²) in [5.41, 5.74) is 4.10. The number of aryl methyl sites for hydroxylation is 1. The van der Waals surface area contributed by atoms with Crippen molar-refractivity contribution in [3.8, 4) is 5.69 Å².